The Morgan fingerprint density at radius 2 is 1.67 bits per heavy atom. The molecule has 2 aliphatic rings. The van der Waals surface area contributed by atoms with Crippen LogP contribution in [0.15, 0.2) is 48.6 Å². The normalized spacial score (nSPS) is 24.1. The van der Waals surface area contributed by atoms with Gasteiger partial charge in [-0.1, -0.05) is 48.6 Å². The molecule has 1 aromatic rings. The van der Waals surface area contributed by atoms with E-state index in [1.807, 2.05) is 11.4 Å². The number of rotatable bonds is 9. The highest BCUT2D eigenvalue weighted by Crippen LogP contribution is 2.54. The van der Waals surface area contributed by atoms with Gasteiger partial charge in [0.2, 0.25) is 5.91 Å². The third kappa shape index (κ3) is 6.47. The lowest BCUT2D eigenvalue weighted by Crippen LogP contribution is -2.69. The fourth-order valence-corrected chi connectivity index (χ4v) is 4.78. The summed E-state index contributed by atoms with van der Waals surface area (Å²) in [6.07, 6.45) is -9.33. The number of amides is 1. The molecule has 0 heterocycles. The molecule has 2 aliphatic carbocycles. The highest BCUT2D eigenvalue weighted by Gasteiger charge is 2.69. The Kier molecular flexibility index (Phi) is 8.05. The lowest BCUT2D eigenvalue weighted by Gasteiger charge is -2.51. The zero-order valence-electron chi connectivity index (χ0n) is 21.6. The summed E-state index contributed by atoms with van der Waals surface area (Å²) in [6, 6.07) is 4.95. The Bertz CT molecular complexity index is 1160. The molecule has 0 bridgehead atoms. The van der Waals surface area contributed by atoms with Gasteiger partial charge in [-0.2, -0.15) is 31.6 Å². The second-order valence-corrected chi connectivity index (χ2v) is 11.0. The number of nitrogens with zero attached hydrogens (tertiary/aromatic N) is 1. The van der Waals surface area contributed by atoms with Crippen molar-refractivity contribution < 1.29 is 40.6 Å². The molecular formula is C27H30F7N3O2. The van der Waals surface area contributed by atoms with Crippen molar-refractivity contribution in [3.05, 3.63) is 54.1 Å². The van der Waals surface area contributed by atoms with Crippen molar-refractivity contribution >= 4 is 11.5 Å². The number of carbonyl (C=O) groups is 1. The van der Waals surface area contributed by atoms with Gasteiger partial charge in [0.25, 0.3) is 0 Å². The second kappa shape index (κ2) is 10.2. The van der Waals surface area contributed by atoms with Crippen LogP contribution in [0, 0.1) is 16.7 Å². The van der Waals surface area contributed by atoms with Crippen LogP contribution in [0.1, 0.15) is 52.0 Å². The zero-order chi connectivity index (χ0) is 29.5. The smallest absolute Gasteiger partial charge is 0.380 e. The van der Waals surface area contributed by atoms with Crippen LogP contribution >= 0.6 is 0 Å². The Balaban J connectivity index is 2.10. The van der Waals surface area contributed by atoms with E-state index in [-0.39, 0.29) is 19.8 Å². The average Bonchev–Trinajstić information content (AvgIpc) is 3.60. The van der Waals surface area contributed by atoms with Gasteiger partial charge in [-0.15, -0.1) is 0 Å². The molecule has 0 aromatic heterocycles. The molecule has 214 valence electrons. The van der Waals surface area contributed by atoms with Crippen molar-refractivity contribution in [1.29, 1.82) is 5.26 Å². The van der Waals surface area contributed by atoms with Gasteiger partial charge in [0.05, 0.1) is 17.5 Å². The van der Waals surface area contributed by atoms with Gasteiger partial charge in [0.1, 0.15) is 17.2 Å². The number of nitrogens with one attached hydrogen (secondary N) is 2. The van der Waals surface area contributed by atoms with Gasteiger partial charge in [0, 0.05) is 6.42 Å². The van der Waals surface area contributed by atoms with E-state index in [1.54, 1.807) is 30.3 Å². The Morgan fingerprint density at radius 1 is 1.08 bits per heavy atom. The summed E-state index contributed by atoms with van der Waals surface area (Å²) in [4.78, 5) is 13.0. The Hall–Kier alpha value is -2.91. The average molecular weight is 562 g/mol. The molecule has 3 N–H and O–H groups in total. The van der Waals surface area contributed by atoms with Crippen LogP contribution in [0.3, 0.4) is 0 Å². The van der Waals surface area contributed by atoms with E-state index in [0.717, 1.165) is 19.9 Å². The molecule has 4 atom stereocenters. The van der Waals surface area contributed by atoms with E-state index in [1.165, 1.54) is 6.08 Å². The van der Waals surface area contributed by atoms with Crippen LogP contribution in [0.4, 0.5) is 30.7 Å². The fraction of sp³-hybridized carbons (Fsp3) is 0.556. The molecule has 0 radical (unpaired) electrons. The van der Waals surface area contributed by atoms with Gasteiger partial charge in [-0.05, 0) is 51.2 Å². The quantitative estimate of drug-likeness (QED) is 0.346. The maximum Gasteiger partial charge on any atom is 0.417 e. The van der Waals surface area contributed by atoms with E-state index in [9.17, 15) is 45.9 Å². The largest absolute Gasteiger partial charge is 0.417 e. The monoisotopic (exact) mass is 561 g/mol. The minimum absolute atomic E-state index is 0.228. The van der Waals surface area contributed by atoms with Crippen LogP contribution in [0.25, 0.3) is 5.57 Å². The molecule has 0 saturated heterocycles. The first-order chi connectivity index (χ1) is 17.8. The topological polar surface area (TPSA) is 85.2 Å². The van der Waals surface area contributed by atoms with Crippen LogP contribution in [-0.4, -0.2) is 52.3 Å². The van der Waals surface area contributed by atoms with Crippen LogP contribution in [-0.2, 0) is 4.79 Å². The molecule has 1 aromatic carbocycles. The number of halogens is 7. The minimum atomic E-state index is -5.52. The molecule has 1 fully saturated rings. The number of benzene rings is 1. The number of allylic oxidation sites excluding steroid dienone is 3. The first-order valence-corrected chi connectivity index (χ1v) is 12.3. The van der Waals surface area contributed by atoms with Gasteiger partial charge < -0.3 is 10.4 Å². The van der Waals surface area contributed by atoms with Gasteiger partial charge in [-0.3, -0.25) is 10.1 Å². The summed E-state index contributed by atoms with van der Waals surface area (Å²) in [5.74, 6) is -1.16. The molecule has 5 nitrogen and oxygen atoms in total. The highest BCUT2D eigenvalue weighted by atomic mass is 19.4. The molecular weight excluding hydrogens is 531 g/mol. The van der Waals surface area contributed by atoms with Crippen molar-refractivity contribution in [2.24, 2.45) is 5.41 Å². The van der Waals surface area contributed by atoms with Gasteiger partial charge in [0.15, 0.2) is 5.60 Å². The molecule has 1 saturated carbocycles. The molecule has 2 unspecified atom stereocenters. The summed E-state index contributed by atoms with van der Waals surface area (Å²) < 4.78 is 101. The number of aliphatic hydroxyl groups is 1. The van der Waals surface area contributed by atoms with E-state index in [2.05, 4.69) is 5.32 Å². The van der Waals surface area contributed by atoms with Crippen molar-refractivity contribution in [1.82, 2.24) is 10.6 Å². The highest BCUT2D eigenvalue weighted by molar-refractivity contribution is 5.83. The number of nitriles is 1. The molecule has 39 heavy (non-hydrogen) atoms. The lowest BCUT2D eigenvalue weighted by molar-refractivity contribution is -0.307. The third-order valence-electron chi connectivity index (χ3n) is 7.33. The lowest BCUT2D eigenvalue weighted by atomic mass is 9.62. The van der Waals surface area contributed by atoms with E-state index in [4.69, 9.17) is 0 Å². The van der Waals surface area contributed by atoms with Gasteiger partial charge >= 0.3 is 12.4 Å². The summed E-state index contributed by atoms with van der Waals surface area (Å²) in [7, 11) is 0. The molecule has 12 heteroatoms. The fourth-order valence-electron chi connectivity index (χ4n) is 4.78. The molecule has 1 amide bonds. The maximum atomic E-state index is 14.7. The van der Waals surface area contributed by atoms with Gasteiger partial charge in [-0.25, -0.2) is 4.39 Å². The summed E-state index contributed by atoms with van der Waals surface area (Å²) >= 11 is 0. The maximum absolute atomic E-state index is 14.7. The molecule has 0 spiro atoms. The first kappa shape index (κ1) is 30.6. The first-order valence-electron chi connectivity index (χ1n) is 12.3. The van der Waals surface area contributed by atoms with E-state index in [0.29, 0.717) is 17.2 Å². The molecule has 0 aliphatic heterocycles. The number of alkyl halides is 7. The standard InChI is InChI=1S/C27H30F7N3O2/c1-22(2,28)15-19(20(38)37-24(16-35)13-14-24)36-21(26(29,30)31)25(23(3,39)27(32,33)34)11-9-18(10-12-25)17-7-5-4-6-8-17/h4-11,19,21,36,39H,12-15H2,1-3H3,(H,37,38)/t19-,21?,23-,25?/m0/s1. The minimum Gasteiger partial charge on any atom is -0.380 e. The summed E-state index contributed by atoms with van der Waals surface area (Å²) in [6.45, 7) is 2.26. The SMILES string of the molecule is CC(C)(F)C[C@H](NC(C(F)(F)F)C1([C@](C)(O)C(F)(F)F)C=CC(c2ccccc2)=CC1)C(=O)NC1(C#N)CC1. The predicted octanol–water partition coefficient (Wildman–Crippen LogP) is 5.53. The zero-order valence-corrected chi connectivity index (χ0v) is 21.6. The van der Waals surface area contributed by atoms with Crippen molar-refractivity contribution in [2.45, 2.75) is 87.7 Å². The second-order valence-electron chi connectivity index (χ2n) is 11.0. The van der Waals surface area contributed by atoms with Crippen LogP contribution in [0.2, 0.25) is 0 Å². The molecule has 3 rings (SSSR count). The van der Waals surface area contributed by atoms with E-state index < -0.39 is 65.4 Å². The van der Waals surface area contributed by atoms with Crippen molar-refractivity contribution in [3.8, 4) is 6.07 Å². The third-order valence-corrected chi connectivity index (χ3v) is 7.33. The van der Waals surface area contributed by atoms with Crippen LogP contribution < -0.4 is 10.6 Å². The van der Waals surface area contributed by atoms with Crippen molar-refractivity contribution in [2.75, 3.05) is 0 Å². The number of hydrogen-bond donors (Lipinski definition) is 3. The van der Waals surface area contributed by atoms with Crippen molar-refractivity contribution in [3.63, 3.8) is 0 Å². The summed E-state index contributed by atoms with van der Waals surface area (Å²) in [5.41, 5.74) is -9.66. The Labute approximate surface area is 221 Å². The van der Waals surface area contributed by atoms with Crippen LogP contribution in [0.5, 0.6) is 0 Å². The summed E-state index contributed by atoms with van der Waals surface area (Å²) in [5, 5.41) is 24.3. The Morgan fingerprint density at radius 3 is 2.08 bits per heavy atom. The number of hydrogen-bond acceptors (Lipinski definition) is 4. The predicted molar refractivity (Wildman–Crippen MR) is 130 cm³/mol. The van der Waals surface area contributed by atoms with E-state index >= 15 is 0 Å². The number of carbonyl (C=O) groups excluding carboxylic acids is 1.